The van der Waals surface area contributed by atoms with E-state index in [9.17, 15) is 9.59 Å². The van der Waals surface area contributed by atoms with Crippen LogP contribution < -0.4 is 15.4 Å². The number of hydrogen-bond acceptors (Lipinski definition) is 5. The molecule has 2 N–H and O–H groups in total. The summed E-state index contributed by atoms with van der Waals surface area (Å²) in [7, 11) is 0. The summed E-state index contributed by atoms with van der Waals surface area (Å²) in [6, 6.07) is 7.08. The fraction of sp³-hybridized carbons (Fsp3) is 0.529. The Labute approximate surface area is 141 Å². The molecule has 1 saturated heterocycles. The van der Waals surface area contributed by atoms with E-state index in [1.807, 2.05) is 0 Å². The summed E-state index contributed by atoms with van der Waals surface area (Å²) >= 11 is 0. The van der Waals surface area contributed by atoms with Gasteiger partial charge in [-0.05, 0) is 32.0 Å². The predicted octanol–water partition coefficient (Wildman–Crippen LogP) is 0.615. The third-order valence-corrected chi connectivity index (χ3v) is 4.36. The van der Waals surface area contributed by atoms with E-state index < -0.39 is 17.4 Å². The number of ether oxygens (including phenoxy) is 2. The van der Waals surface area contributed by atoms with E-state index in [4.69, 9.17) is 9.47 Å². The molecule has 2 amide bonds. The number of nitrogens with zero attached hydrogens (tertiary/aromatic N) is 1. The van der Waals surface area contributed by atoms with E-state index in [2.05, 4.69) is 15.5 Å². The second-order valence-corrected chi connectivity index (χ2v) is 6.15. The average molecular weight is 333 g/mol. The summed E-state index contributed by atoms with van der Waals surface area (Å²) in [4.78, 5) is 27.0. The number of rotatable bonds is 5. The molecule has 0 aliphatic carbocycles. The standard InChI is InChI=1S/C17H23N3O4/c1-17(16(22)19-13-5-2-3-6-14(13)24-17)15(21)18-7-4-8-20-9-11-23-12-10-20/h2-3,5-6H,4,7-12H2,1H3,(H,18,21)(H,19,22)/t17-/m1/s1. The van der Waals surface area contributed by atoms with Gasteiger partial charge in [-0.15, -0.1) is 0 Å². The molecule has 1 aromatic carbocycles. The van der Waals surface area contributed by atoms with Gasteiger partial charge in [0.2, 0.25) is 0 Å². The number of fused-ring (bicyclic) bond motifs is 1. The van der Waals surface area contributed by atoms with Crippen molar-refractivity contribution in [2.75, 3.05) is 44.7 Å². The lowest BCUT2D eigenvalue weighted by atomic mass is 10.0. The van der Waals surface area contributed by atoms with Crippen LogP contribution in [0.15, 0.2) is 24.3 Å². The van der Waals surface area contributed by atoms with Gasteiger partial charge in [0, 0.05) is 19.6 Å². The van der Waals surface area contributed by atoms with Gasteiger partial charge < -0.3 is 20.1 Å². The topological polar surface area (TPSA) is 79.9 Å². The van der Waals surface area contributed by atoms with E-state index in [-0.39, 0.29) is 0 Å². The third-order valence-electron chi connectivity index (χ3n) is 4.36. The molecule has 1 aromatic rings. The molecule has 2 heterocycles. The number of carbonyl (C=O) groups is 2. The van der Waals surface area contributed by atoms with Crippen LogP contribution >= 0.6 is 0 Å². The molecule has 24 heavy (non-hydrogen) atoms. The van der Waals surface area contributed by atoms with Gasteiger partial charge in [0.25, 0.3) is 17.4 Å². The van der Waals surface area contributed by atoms with Crippen molar-refractivity contribution >= 4 is 17.5 Å². The number of para-hydroxylation sites is 2. The van der Waals surface area contributed by atoms with Crippen molar-refractivity contribution in [2.24, 2.45) is 0 Å². The van der Waals surface area contributed by atoms with Gasteiger partial charge in [-0.25, -0.2) is 0 Å². The fourth-order valence-corrected chi connectivity index (χ4v) is 2.81. The van der Waals surface area contributed by atoms with Gasteiger partial charge >= 0.3 is 0 Å². The molecule has 0 unspecified atom stereocenters. The van der Waals surface area contributed by atoms with Crippen LogP contribution in [-0.4, -0.2) is 61.7 Å². The van der Waals surface area contributed by atoms with Crippen LogP contribution in [0, 0.1) is 0 Å². The molecule has 1 atom stereocenters. The van der Waals surface area contributed by atoms with Crippen LogP contribution in [0.3, 0.4) is 0 Å². The minimum absolute atomic E-state index is 0.420. The number of nitrogens with one attached hydrogen (secondary N) is 2. The van der Waals surface area contributed by atoms with E-state index in [0.717, 1.165) is 39.3 Å². The molecular formula is C17H23N3O4. The number of benzene rings is 1. The first-order valence-electron chi connectivity index (χ1n) is 8.27. The van der Waals surface area contributed by atoms with Crippen LogP contribution in [0.25, 0.3) is 0 Å². The van der Waals surface area contributed by atoms with Crippen molar-refractivity contribution in [3.05, 3.63) is 24.3 Å². The molecule has 2 aliphatic rings. The van der Waals surface area contributed by atoms with Gasteiger partial charge in [0.1, 0.15) is 5.75 Å². The molecular weight excluding hydrogens is 310 g/mol. The number of hydrogen-bond donors (Lipinski definition) is 2. The number of anilines is 1. The lowest BCUT2D eigenvalue weighted by molar-refractivity contribution is -0.146. The summed E-state index contributed by atoms with van der Waals surface area (Å²) in [6.07, 6.45) is 0.819. The Morgan fingerprint density at radius 1 is 1.33 bits per heavy atom. The molecule has 130 valence electrons. The summed E-state index contributed by atoms with van der Waals surface area (Å²) in [5.74, 6) is -0.369. The molecule has 1 fully saturated rings. The van der Waals surface area contributed by atoms with Gasteiger partial charge in [-0.2, -0.15) is 0 Å². The van der Waals surface area contributed by atoms with E-state index in [0.29, 0.717) is 18.0 Å². The Bertz CT molecular complexity index is 616. The molecule has 0 spiro atoms. The molecule has 0 radical (unpaired) electrons. The molecule has 7 nitrogen and oxygen atoms in total. The van der Waals surface area contributed by atoms with Crippen molar-refractivity contribution in [3.8, 4) is 5.75 Å². The maximum absolute atomic E-state index is 12.5. The minimum atomic E-state index is -1.55. The molecule has 2 aliphatic heterocycles. The molecule has 3 rings (SSSR count). The van der Waals surface area contributed by atoms with Crippen LogP contribution in [-0.2, 0) is 14.3 Å². The zero-order chi connectivity index (χ0) is 17.0. The Hall–Kier alpha value is -2.12. The van der Waals surface area contributed by atoms with Gasteiger partial charge in [-0.1, -0.05) is 12.1 Å². The largest absolute Gasteiger partial charge is 0.466 e. The Morgan fingerprint density at radius 3 is 2.88 bits per heavy atom. The van der Waals surface area contributed by atoms with E-state index in [1.165, 1.54) is 6.92 Å². The average Bonchev–Trinajstić information content (AvgIpc) is 2.60. The summed E-state index contributed by atoms with van der Waals surface area (Å²) in [5.41, 5.74) is -0.965. The van der Waals surface area contributed by atoms with E-state index in [1.54, 1.807) is 24.3 Å². The Balaban J connectivity index is 1.51. The normalized spacial score (nSPS) is 23.8. The maximum atomic E-state index is 12.5. The SMILES string of the molecule is C[C@]1(C(=O)NCCCN2CCOCC2)Oc2ccccc2NC1=O. The smallest absolute Gasteiger partial charge is 0.278 e. The molecule has 0 bridgehead atoms. The minimum Gasteiger partial charge on any atom is -0.466 e. The fourth-order valence-electron chi connectivity index (χ4n) is 2.81. The highest BCUT2D eigenvalue weighted by molar-refractivity contribution is 6.15. The van der Waals surface area contributed by atoms with Crippen molar-refractivity contribution < 1.29 is 19.1 Å². The van der Waals surface area contributed by atoms with Crippen LogP contribution in [0.1, 0.15) is 13.3 Å². The Kier molecular flexibility index (Phi) is 5.01. The highest BCUT2D eigenvalue weighted by Gasteiger charge is 2.46. The van der Waals surface area contributed by atoms with Gasteiger partial charge in [-0.3, -0.25) is 14.5 Å². The van der Waals surface area contributed by atoms with E-state index >= 15 is 0 Å². The van der Waals surface area contributed by atoms with Crippen molar-refractivity contribution in [1.29, 1.82) is 0 Å². The number of morpholine rings is 1. The summed E-state index contributed by atoms with van der Waals surface area (Å²) in [6.45, 7) is 6.27. The van der Waals surface area contributed by atoms with Crippen LogP contribution in [0.4, 0.5) is 5.69 Å². The zero-order valence-electron chi connectivity index (χ0n) is 13.8. The molecule has 0 saturated carbocycles. The summed E-state index contributed by atoms with van der Waals surface area (Å²) in [5, 5.41) is 5.54. The monoisotopic (exact) mass is 333 g/mol. The van der Waals surface area contributed by atoms with Gasteiger partial charge in [0.05, 0.1) is 18.9 Å². The number of amides is 2. The molecule has 7 heteroatoms. The first-order chi connectivity index (χ1) is 11.6. The second-order valence-electron chi connectivity index (χ2n) is 6.15. The van der Waals surface area contributed by atoms with Crippen molar-refractivity contribution in [3.63, 3.8) is 0 Å². The van der Waals surface area contributed by atoms with Crippen LogP contribution in [0.5, 0.6) is 5.75 Å². The quantitative estimate of drug-likeness (QED) is 0.610. The van der Waals surface area contributed by atoms with Crippen molar-refractivity contribution in [2.45, 2.75) is 18.9 Å². The molecule has 0 aromatic heterocycles. The maximum Gasteiger partial charge on any atom is 0.278 e. The number of carbonyl (C=O) groups excluding carboxylic acids is 2. The highest BCUT2D eigenvalue weighted by atomic mass is 16.5. The lowest BCUT2D eigenvalue weighted by Crippen LogP contribution is -2.58. The summed E-state index contributed by atoms with van der Waals surface area (Å²) < 4.78 is 11.0. The van der Waals surface area contributed by atoms with Gasteiger partial charge in [0.15, 0.2) is 0 Å². The highest BCUT2D eigenvalue weighted by Crippen LogP contribution is 2.33. The lowest BCUT2D eigenvalue weighted by Gasteiger charge is -2.33. The van der Waals surface area contributed by atoms with Crippen molar-refractivity contribution in [1.82, 2.24) is 10.2 Å². The first kappa shape index (κ1) is 16.7. The zero-order valence-corrected chi connectivity index (χ0v) is 13.8. The third kappa shape index (κ3) is 3.52. The Morgan fingerprint density at radius 2 is 2.08 bits per heavy atom. The van der Waals surface area contributed by atoms with Crippen LogP contribution in [0.2, 0.25) is 0 Å². The second kappa shape index (κ2) is 7.19. The first-order valence-corrected chi connectivity index (χ1v) is 8.27. The predicted molar refractivity (Wildman–Crippen MR) is 89.0 cm³/mol.